The fraction of sp³-hybridized carbons (Fsp3) is 0.231. The Morgan fingerprint density at radius 1 is 1.00 bits per heavy atom. The predicted octanol–water partition coefficient (Wildman–Crippen LogP) is 3.72. The SMILES string of the molecule is Cc1ccc(S(=O)(=O)N2C[C@@H](C(=O)Nc3ccc(N4CCCC4=O)cc3)Oc3ccccc32)cc1. The molecule has 3 aromatic rings. The molecule has 0 aliphatic carbocycles. The van der Waals surface area contributed by atoms with E-state index in [0.717, 1.165) is 17.7 Å². The lowest BCUT2D eigenvalue weighted by molar-refractivity contribution is -0.122. The quantitative estimate of drug-likeness (QED) is 0.587. The Kier molecular flexibility index (Phi) is 5.94. The Morgan fingerprint density at radius 2 is 1.71 bits per heavy atom. The van der Waals surface area contributed by atoms with Gasteiger partial charge in [-0.25, -0.2) is 8.42 Å². The summed E-state index contributed by atoms with van der Waals surface area (Å²) in [5.41, 5.74) is 2.64. The summed E-state index contributed by atoms with van der Waals surface area (Å²) in [7, 11) is -3.92. The number of rotatable bonds is 5. The molecule has 1 atom stereocenters. The van der Waals surface area contributed by atoms with Gasteiger partial charge in [-0.1, -0.05) is 29.8 Å². The second kappa shape index (κ2) is 9.07. The van der Waals surface area contributed by atoms with E-state index in [1.54, 1.807) is 77.7 Å². The van der Waals surface area contributed by atoms with Crippen molar-refractivity contribution < 1.29 is 22.7 Å². The van der Waals surface area contributed by atoms with Crippen LogP contribution in [0.3, 0.4) is 0 Å². The molecule has 1 saturated heterocycles. The van der Waals surface area contributed by atoms with Gasteiger partial charge in [-0.3, -0.25) is 13.9 Å². The minimum atomic E-state index is -3.92. The fourth-order valence-corrected chi connectivity index (χ4v) is 5.75. The zero-order valence-electron chi connectivity index (χ0n) is 19.2. The van der Waals surface area contributed by atoms with Gasteiger partial charge in [-0.2, -0.15) is 0 Å². The Balaban J connectivity index is 1.37. The first-order valence-electron chi connectivity index (χ1n) is 11.4. The van der Waals surface area contributed by atoms with Crippen LogP contribution in [-0.4, -0.2) is 39.4 Å². The molecule has 0 saturated carbocycles. The number of benzene rings is 3. The third kappa shape index (κ3) is 4.46. The van der Waals surface area contributed by atoms with E-state index >= 15 is 0 Å². The number of amides is 2. The van der Waals surface area contributed by atoms with Gasteiger partial charge < -0.3 is 15.0 Å². The van der Waals surface area contributed by atoms with Crippen LogP contribution in [0.15, 0.2) is 77.7 Å². The number of fused-ring (bicyclic) bond motifs is 1. The molecule has 0 aromatic heterocycles. The summed E-state index contributed by atoms with van der Waals surface area (Å²) in [6.07, 6.45) is 0.325. The number of sulfonamides is 1. The van der Waals surface area contributed by atoms with Gasteiger partial charge in [0.05, 0.1) is 17.1 Å². The molecule has 8 nitrogen and oxygen atoms in total. The Hall–Kier alpha value is -3.85. The van der Waals surface area contributed by atoms with Crippen molar-refractivity contribution in [3.63, 3.8) is 0 Å². The Morgan fingerprint density at radius 3 is 2.40 bits per heavy atom. The fourth-order valence-electron chi connectivity index (χ4n) is 4.27. The molecule has 9 heteroatoms. The van der Waals surface area contributed by atoms with Gasteiger partial charge in [0.25, 0.3) is 15.9 Å². The second-order valence-corrected chi connectivity index (χ2v) is 10.5. The minimum absolute atomic E-state index is 0.0888. The van der Waals surface area contributed by atoms with Crippen molar-refractivity contribution >= 4 is 38.9 Å². The second-order valence-electron chi connectivity index (χ2n) is 8.61. The zero-order chi connectivity index (χ0) is 24.6. The molecule has 2 aliphatic heterocycles. The first kappa shape index (κ1) is 22.9. The van der Waals surface area contributed by atoms with E-state index in [0.29, 0.717) is 30.1 Å². The molecule has 2 heterocycles. The number of carbonyl (C=O) groups excluding carboxylic acids is 2. The minimum Gasteiger partial charge on any atom is -0.476 e. The van der Waals surface area contributed by atoms with E-state index in [1.165, 1.54) is 4.31 Å². The molecule has 2 amide bonds. The third-order valence-corrected chi connectivity index (χ3v) is 7.95. The van der Waals surface area contributed by atoms with Gasteiger partial charge in [0.1, 0.15) is 5.75 Å². The summed E-state index contributed by atoms with van der Waals surface area (Å²) >= 11 is 0. The number of nitrogens with one attached hydrogen (secondary N) is 1. The Labute approximate surface area is 204 Å². The summed E-state index contributed by atoms with van der Waals surface area (Å²) in [4.78, 5) is 26.9. The normalized spacial score (nSPS) is 17.6. The summed E-state index contributed by atoms with van der Waals surface area (Å²) in [5.74, 6) is -0.0583. The number of nitrogens with zero attached hydrogens (tertiary/aromatic N) is 2. The van der Waals surface area contributed by atoms with Crippen LogP contribution in [0.1, 0.15) is 18.4 Å². The Bertz CT molecular complexity index is 1370. The van der Waals surface area contributed by atoms with E-state index < -0.39 is 22.0 Å². The molecule has 5 rings (SSSR count). The topological polar surface area (TPSA) is 96.0 Å². The van der Waals surface area contributed by atoms with E-state index in [4.69, 9.17) is 4.74 Å². The van der Waals surface area contributed by atoms with E-state index in [-0.39, 0.29) is 17.3 Å². The summed E-state index contributed by atoms with van der Waals surface area (Å²) in [6, 6.07) is 20.4. The number of ether oxygens (including phenoxy) is 1. The molecular weight excluding hydrogens is 466 g/mol. The number of para-hydroxylation sites is 2. The van der Waals surface area contributed by atoms with Gasteiger partial charge in [-0.15, -0.1) is 0 Å². The van der Waals surface area contributed by atoms with Crippen molar-refractivity contribution in [3.05, 3.63) is 78.4 Å². The van der Waals surface area contributed by atoms with Gasteiger partial charge in [-0.05, 0) is 61.9 Å². The maximum atomic E-state index is 13.5. The van der Waals surface area contributed by atoms with Crippen molar-refractivity contribution in [2.45, 2.75) is 30.8 Å². The molecule has 1 N–H and O–H groups in total. The lowest BCUT2D eigenvalue weighted by Gasteiger charge is -2.34. The summed E-state index contributed by atoms with van der Waals surface area (Å²) in [5, 5.41) is 2.80. The molecule has 0 radical (unpaired) electrons. The number of aryl methyl sites for hydroxylation is 1. The van der Waals surface area contributed by atoms with E-state index in [2.05, 4.69) is 5.32 Å². The van der Waals surface area contributed by atoms with E-state index in [9.17, 15) is 18.0 Å². The summed E-state index contributed by atoms with van der Waals surface area (Å²) in [6.45, 7) is 2.40. The highest BCUT2D eigenvalue weighted by molar-refractivity contribution is 7.92. The van der Waals surface area contributed by atoms with Crippen LogP contribution in [0.4, 0.5) is 17.1 Å². The van der Waals surface area contributed by atoms with Crippen molar-refractivity contribution in [1.82, 2.24) is 0 Å². The lowest BCUT2D eigenvalue weighted by atomic mass is 10.2. The number of hydrogen-bond donors (Lipinski definition) is 1. The zero-order valence-corrected chi connectivity index (χ0v) is 20.0. The van der Waals surface area contributed by atoms with Crippen LogP contribution in [0, 0.1) is 6.92 Å². The lowest BCUT2D eigenvalue weighted by Crippen LogP contribution is -2.48. The average Bonchev–Trinajstić information content (AvgIpc) is 3.29. The van der Waals surface area contributed by atoms with Gasteiger partial charge >= 0.3 is 0 Å². The van der Waals surface area contributed by atoms with Gasteiger partial charge in [0, 0.05) is 24.3 Å². The number of carbonyl (C=O) groups is 2. The molecule has 0 bridgehead atoms. The van der Waals surface area contributed by atoms with Crippen LogP contribution in [0.5, 0.6) is 5.75 Å². The predicted molar refractivity (Wildman–Crippen MR) is 133 cm³/mol. The first-order chi connectivity index (χ1) is 16.8. The monoisotopic (exact) mass is 491 g/mol. The van der Waals surface area contributed by atoms with Crippen LogP contribution in [-0.2, 0) is 19.6 Å². The highest BCUT2D eigenvalue weighted by atomic mass is 32.2. The highest BCUT2D eigenvalue weighted by Crippen LogP contribution is 2.37. The molecule has 1 fully saturated rings. The standard InChI is InChI=1S/C26H25N3O5S/c1-18-8-14-21(15-9-18)35(32,33)29-17-24(34-23-6-3-2-5-22(23)29)26(31)27-19-10-12-20(13-11-19)28-16-4-7-25(28)30/h2-3,5-6,8-15,24H,4,7,16-17H2,1H3,(H,27,31)/t24-/m0/s1. The van der Waals surface area contributed by atoms with Crippen molar-refractivity contribution in [1.29, 1.82) is 0 Å². The van der Waals surface area contributed by atoms with Gasteiger partial charge in [0.15, 0.2) is 6.10 Å². The maximum absolute atomic E-state index is 13.5. The first-order valence-corrected chi connectivity index (χ1v) is 12.8. The van der Waals surface area contributed by atoms with E-state index in [1.807, 2.05) is 6.92 Å². The van der Waals surface area contributed by atoms with Crippen LogP contribution in [0.25, 0.3) is 0 Å². The molecule has 3 aromatic carbocycles. The number of anilines is 3. The van der Waals surface area contributed by atoms with Crippen LogP contribution >= 0.6 is 0 Å². The van der Waals surface area contributed by atoms with Crippen LogP contribution in [0.2, 0.25) is 0 Å². The van der Waals surface area contributed by atoms with Gasteiger partial charge in [0.2, 0.25) is 5.91 Å². The molecule has 0 unspecified atom stereocenters. The average molecular weight is 492 g/mol. The largest absolute Gasteiger partial charge is 0.476 e. The third-order valence-electron chi connectivity index (χ3n) is 6.16. The van der Waals surface area contributed by atoms with Crippen molar-refractivity contribution in [2.75, 3.05) is 27.6 Å². The molecule has 35 heavy (non-hydrogen) atoms. The van der Waals surface area contributed by atoms with Crippen LogP contribution < -0.4 is 19.3 Å². The molecular formula is C26H25N3O5S. The van der Waals surface area contributed by atoms with Crippen molar-refractivity contribution in [3.8, 4) is 5.75 Å². The molecule has 0 spiro atoms. The maximum Gasteiger partial charge on any atom is 0.267 e. The number of hydrogen-bond acceptors (Lipinski definition) is 5. The molecule has 2 aliphatic rings. The highest BCUT2D eigenvalue weighted by Gasteiger charge is 2.37. The summed E-state index contributed by atoms with van der Waals surface area (Å²) < 4.78 is 34.1. The smallest absolute Gasteiger partial charge is 0.267 e. The van der Waals surface area contributed by atoms with Crippen molar-refractivity contribution in [2.24, 2.45) is 0 Å². The molecule has 180 valence electrons.